The fourth-order valence-electron chi connectivity index (χ4n) is 5.60. The number of fused-ring (bicyclic) bond motifs is 2. The highest BCUT2D eigenvalue weighted by Gasteiger charge is 2.26. The molecule has 1 N–H and O–H groups in total. The summed E-state index contributed by atoms with van der Waals surface area (Å²) < 4.78 is 18.1. The Labute approximate surface area is 227 Å². The number of rotatable bonds is 5. The number of benzene rings is 3. The van der Waals surface area contributed by atoms with Gasteiger partial charge in [0.2, 0.25) is 5.88 Å². The second kappa shape index (κ2) is 10.3. The van der Waals surface area contributed by atoms with Gasteiger partial charge in [0.1, 0.15) is 17.4 Å². The quantitative estimate of drug-likeness (QED) is 0.360. The van der Waals surface area contributed by atoms with Crippen molar-refractivity contribution in [3.63, 3.8) is 0 Å². The van der Waals surface area contributed by atoms with Gasteiger partial charge in [0.15, 0.2) is 5.43 Å². The Hall–Kier alpha value is -4.04. The van der Waals surface area contributed by atoms with Gasteiger partial charge in [-0.2, -0.15) is 0 Å². The van der Waals surface area contributed by atoms with Crippen molar-refractivity contribution in [1.82, 2.24) is 0 Å². The maximum atomic E-state index is 13.5. The Morgan fingerprint density at radius 1 is 1.05 bits per heavy atom. The number of aryl methyl sites for hydroxylation is 1. The Kier molecular flexibility index (Phi) is 6.65. The average molecular weight is 522 g/mol. The molecular formula is C31H31BN2O5. The van der Waals surface area contributed by atoms with Crippen molar-refractivity contribution in [3.8, 4) is 16.9 Å². The van der Waals surface area contributed by atoms with Crippen molar-refractivity contribution in [1.29, 1.82) is 0 Å². The molecule has 1 saturated heterocycles. The molecule has 0 radical (unpaired) electrons. The lowest BCUT2D eigenvalue weighted by molar-refractivity contribution is 0.228. The molecule has 0 spiro atoms. The molecule has 4 aromatic rings. The first kappa shape index (κ1) is 25.3. The number of oxime groups is 1. The molecule has 7 nitrogen and oxygen atoms in total. The molecule has 0 amide bonds. The summed E-state index contributed by atoms with van der Waals surface area (Å²) in [6.07, 6.45) is 4.61. The molecule has 6 rings (SSSR count). The van der Waals surface area contributed by atoms with Crippen molar-refractivity contribution in [2.75, 3.05) is 18.0 Å². The Bertz CT molecular complexity index is 1640. The van der Waals surface area contributed by atoms with Crippen LogP contribution in [-0.2, 0) is 4.76 Å². The van der Waals surface area contributed by atoms with Gasteiger partial charge < -0.3 is 23.8 Å². The van der Waals surface area contributed by atoms with Crippen molar-refractivity contribution in [2.45, 2.75) is 46.1 Å². The molecule has 0 unspecified atom stereocenters. The molecular weight excluding hydrogens is 491 g/mol. The first-order chi connectivity index (χ1) is 18.9. The summed E-state index contributed by atoms with van der Waals surface area (Å²) in [5, 5.41) is 14.5. The van der Waals surface area contributed by atoms with Crippen LogP contribution in [0.2, 0.25) is 0 Å². The molecule has 8 heteroatoms. The normalized spacial score (nSPS) is 15.7. The summed E-state index contributed by atoms with van der Waals surface area (Å²) >= 11 is 0. The molecule has 0 aliphatic carbocycles. The number of nitrogens with zero attached hydrogens (tertiary/aromatic N) is 2. The van der Waals surface area contributed by atoms with Crippen molar-refractivity contribution in [3.05, 3.63) is 87.1 Å². The van der Waals surface area contributed by atoms with Crippen LogP contribution in [0.1, 0.15) is 54.5 Å². The van der Waals surface area contributed by atoms with E-state index in [2.05, 4.69) is 10.1 Å². The zero-order valence-corrected chi connectivity index (χ0v) is 22.4. The van der Waals surface area contributed by atoms with Crippen LogP contribution in [0.15, 0.2) is 69.0 Å². The zero-order valence-electron chi connectivity index (χ0n) is 22.4. The van der Waals surface area contributed by atoms with E-state index in [0.717, 1.165) is 53.7 Å². The van der Waals surface area contributed by atoms with E-state index in [-0.39, 0.29) is 11.5 Å². The summed E-state index contributed by atoms with van der Waals surface area (Å²) in [4.78, 5) is 15.7. The lowest BCUT2D eigenvalue weighted by Crippen LogP contribution is -2.37. The molecule has 1 atom stereocenters. The summed E-state index contributed by atoms with van der Waals surface area (Å²) in [5.41, 5.74) is 6.37. The lowest BCUT2D eigenvalue weighted by atomic mass is 9.75. The maximum absolute atomic E-state index is 13.5. The van der Waals surface area contributed by atoms with Crippen LogP contribution in [0.25, 0.3) is 22.1 Å². The molecule has 0 bridgehead atoms. The van der Waals surface area contributed by atoms with Gasteiger partial charge in [0, 0.05) is 29.7 Å². The minimum absolute atomic E-state index is 0.0104. The molecule has 198 valence electrons. The van der Waals surface area contributed by atoms with Crippen LogP contribution in [-0.4, -0.2) is 31.4 Å². The predicted molar refractivity (Wildman–Crippen MR) is 155 cm³/mol. The van der Waals surface area contributed by atoms with Gasteiger partial charge in [-0.1, -0.05) is 30.3 Å². The van der Waals surface area contributed by atoms with E-state index in [0.29, 0.717) is 33.6 Å². The summed E-state index contributed by atoms with van der Waals surface area (Å²) in [6, 6.07) is 17.5. The third kappa shape index (κ3) is 4.70. The summed E-state index contributed by atoms with van der Waals surface area (Å²) in [7, 11) is -1.08. The van der Waals surface area contributed by atoms with Crippen LogP contribution in [0.4, 0.5) is 5.88 Å². The van der Waals surface area contributed by atoms with E-state index in [1.807, 2.05) is 75.4 Å². The first-order valence-electron chi connectivity index (χ1n) is 13.5. The van der Waals surface area contributed by atoms with Gasteiger partial charge in [-0.25, -0.2) is 0 Å². The van der Waals surface area contributed by atoms with E-state index >= 15 is 0 Å². The van der Waals surface area contributed by atoms with E-state index in [4.69, 9.17) is 13.9 Å². The Morgan fingerprint density at radius 3 is 2.67 bits per heavy atom. The molecule has 1 aromatic heterocycles. The molecule has 3 heterocycles. The molecule has 2 aliphatic heterocycles. The lowest BCUT2D eigenvalue weighted by Gasteiger charge is -2.29. The Balaban J connectivity index is 1.40. The summed E-state index contributed by atoms with van der Waals surface area (Å²) in [5.74, 6) is 1.38. The van der Waals surface area contributed by atoms with Gasteiger partial charge in [-0.3, -0.25) is 4.79 Å². The second-order valence-electron chi connectivity index (χ2n) is 10.4. The zero-order chi connectivity index (χ0) is 27.1. The van der Waals surface area contributed by atoms with Crippen LogP contribution < -0.4 is 20.5 Å². The maximum Gasteiger partial charge on any atom is 0.583 e. The average Bonchev–Trinajstić information content (AvgIpc) is 2.95. The number of hydrogen-bond donors (Lipinski definition) is 1. The smallest absolute Gasteiger partial charge is 0.485 e. The van der Waals surface area contributed by atoms with Gasteiger partial charge in [0.25, 0.3) is 0 Å². The second-order valence-corrected chi connectivity index (χ2v) is 10.4. The predicted octanol–water partition coefficient (Wildman–Crippen LogP) is 5.26. The van der Waals surface area contributed by atoms with Gasteiger partial charge in [-0.15, -0.1) is 5.16 Å². The summed E-state index contributed by atoms with van der Waals surface area (Å²) in [6.45, 7) is 7.62. The number of piperidine rings is 1. The number of hydrogen-bond acceptors (Lipinski definition) is 7. The fraction of sp³-hybridized carbons (Fsp3) is 0.290. The van der Waals surface area contributed by atoms with E-state index in [1.54, 1.807) is 6.21 Å². The number of para-hydroxylation sites is 1. The molecule has 1 fully saturated rings. The Morgan fingerprint density at radius 2 is 1.85 bits per heavy atom. The molecule has 2 aliphatic rings. The molecule has 3 aromatic carbocycles. The monoisotopic (exact) mass is 522 g/mol. The third-order valence-corrected chi connectivity index (χ3v) is 7.66. The topological polar surface area (TPSA) is 84.5 Å². The number of anilines is 1. The highest BCUT2D eigenvalue weighted by atomic mass is 16.6. The first-order valence-corrected chi connectivity index (χ1v) is 13.5. The minimum Gasteiger partial charge on any atom is -0.485 e. The van der Waals surface area contributed by atoms with Gasteiger partial charge in [-0.05, 0) is 81.0 Å². The fourth-order valence-corrected chi connectivity index (χ4v) is 5.60. The van der Waals surface area contributed by atoms with Crippen molar-refractivity contribution >= 4 is 35.6 Å². The van der Waals surface area contributed by atoms with Crippen LogP contribution in [0.3, 0.4) is 0 Å². The van der Waals surface area contributed by atoms with E-state index in [9.17, 15) is 9.82 Å². The SMILES string of the molecule is Cc1cc([C@H](C)Oc2ccccc2-c2ccc3c(c2)C=NOB3O)c2oc(N3CCCCC3)c(C)c(=O)c2c1. The molecule has 39 heavy (non-hydrogen) atoms. The van der Waals surface area contributed by atoms with Gasteiger partial charge in [0.05, 0.1) is 17.2 Å². The standard InChI is InChI=1S/C31H31BN2O5/c1-19-15-25(30-26(16-19)29(35)20(2)31(38-30)34-13-7-4-8-14-34)21(3)37-28-10-6-5-9-24(28)22-11-12-27-23(17-22)18-33-39-32(27)36/h5-6,9-12,15-18,21,36H,4,7-8,13-14H2,1-3H3/t21-/m0/s1. The highest BCUT2D eigenvalue weighted by molar-refractivity contribution is 6.62. The highest BCUT2D eigenvalue weighted by Crippen LogP contribution is 2.36. The van der Waals surface area contributed by atoms with Gasteiger partial charge >= 0.3 is 7.12 Å². The largest absolute Gasteiger partial charge is 0.583 e. The number of ether oxygens (including phenoxy) is 1. The van der Waals surface area contributed by atoms with Crippen molar-refractivity contribution < 1.29 is 18.9 Å². The molecule has 0 saturated carbocycles. The minimum atomic E-state index is -1.08. The van der Waals surface area contributed by atoms with E-state index in [1.165, 1.54) is 6.42 Å². The van der Waals surface area contributed by atoms with Crippen molar-refractivity contribution in [2.24, 2.45) is 5.16 Å². The van der Waals surface area contributed by atoms with Crippen LogP contribution in [0, 0.1) is 13.8 Å². The van der Waals surface area contributed by atoms with Crippen LogP contribution >= 0.6 is 0 Å². The third-order valence-electron chi connectivity index (χ3n) is 7.66. The van der Waals surface area contributed by atoms with Crippen LogP contribution in [0.5, 0.6) is 5.75 Å². The van der Waals surface area contributed by atoms with E-state index < -0.39 is 7.12 Å².